The summed E-state index contributed by atoms with van der Waals surface area (Å²) in [6, 6.07) is 7.83. The molecule has 1 aliphatic carbocycles. The molecule has 1 aromatic heterocycles. The van der Waals surface area contributed by atoms with Crippen LogP contribution in [0.4, 0.5) is 11.5 Å². The number of hydrogen-bond acceptors (Lipinski definition) is 5. The quantitative estimate of drug-likeness (QED) is 0.744. The van der Waals surface area contributed by atoms with Crippen LogP contribution in [-0.2, 0) is 10.0 Å². The maximum atomic E-state index is 12.7. The Kier molecular flexibility index (Phi) is 5.24. The fourth-order valence-corrected chi connectivity index (χ4v) is 4.62. The van der Waals surface area contributed by atoms with Crippen molar-refractivity contribution in [3.63, 3.8) is 0 Å². The number of carbonyl (C=O) groups is 1. The SMILES string of the molecule is Cc1ccc(C(=O)Nc2ccc(N)nc2)cc1S(=O)(=O)NC1CCCC1. The number of aromatic nitrogens is 1. The van der Waals surface area contributed by atoms with E-state index in [-0.39, 0.29) is 16.5 Å². The number of nitrogen functional groups attached to an aromatic ring is 1. The van der Waals surface area contributed by atoms with Crippen LogP contribution in [0.5, 0.6) is 0 Å². The van der Waals surface area contributed by atoms with Gasteiger partial charge in [0.15, 0.2) is 0 Å². The van der Waals surface area contributed by atoms with E-state index in [1.807, 2.05) is 0 Å². The monoisotopic (exact) mass is 374 g/mol. The van der Waals surface area contributed by atoms with Gasteiger partial charge < -0.3 is 11.1 Å². The highest BCUT2D eigenvalue weighted by atomic mass is 32.2. The van der Waals surface area contributed by atoms with Crippen molar-refractivity contribution in [3.8, 4) is 0 Å². The van der Waals surface area contributed by atoms with E-state index in [2.05, 4.69) is 15.0 Å². The second-order valence-corrected chi connectivity index (χ2v) is 8.19. The number of nitrogens with one attached hydrogen (secondary N) is 2. The second kappa shape index (κ2) is 7.43. The number of benzene rings is 1. The minimum Gasteiger partial charge on any atom is -0.384 e. The highest BCUT2D eigenvalue weighted by Gasteiger charge is 2.25. The molecule has 0 spiro atoms. The zero-order chi connectivity index (χ0) is 18.7. The summed E-state index contributed by atoms with van der Waals surface area (Å²) in [5.41, 5.74) is 6.87. The Balaban J connectivity index is 1.82. The first-order valence-electron chi connectivity index (χ1n) is 8.51. The van der Waals surface area contributed by atoms with Gasteiger partial charge in [0.2, 0.25) is 10.0 Å². The van der Waals surface area contributed by atoms with E-state index in [1.54, 1.807) is 31.2 Å². The lowest BCUT2D eigenvalue weighted by Crippen LogP contribution is -2.33. The average molecular weight is 374 g/mol. The predicted octanol–water partition coefficient (Wildman–Crippen LogP) is 2.45. The summed E-state index contributed by atoms with van der Waals surface area (Å²) in [7, 11) is -3.67. The van der Waals surface area contributed by atoms with Gasteiger partial charge in [-0.15, -0.1) is 0 Å². The third-order valence-corrected chi connectivity index (χ3v) is 6.12. The van der Waals surface area contributed by atoms with Gasteiger partial charge in [-0.25, -0.2) is 18.1 Å². The Hall–Kier alpha value is -2.45. The molecule has 1 saturated carbocycles. The zero-order valence-corrected chi connectivity index (χ0v) is 15.3. The first-order valence-corrected chi connectivity index (χ1v) is 9.99. The number of carbonyl (C=O) groups excluding carboxylic acids is 1. The van der Waals surface area contributed by atoms with Crippen molar-refractivity contribution in [2.45, 2.75) is 43.5 Å². The van der Waals surface area contributed by atoms with Crippen LogP contribution in [0.3, 0.4) is 0 Å². The average Bonchev–Trinajstić information content (AvgIpc) is 3.09. The Morgan fingerprint density at radius 3 is 2.58 bits per heavy atom. The highest BCUT2D eigenvalue weighted by molar-refractivity contribution is 7.89. The van der Waals surface area contributed by atoms with Crippen molar-refractivity contribution in [1.29, 1.82) is 0 Å². The van der Waals surface area contributed by atoms with Crippen molar-refractivity contribution < 1.29 is 13.2 Å². The molecule has 0 bridgehead atoms. The van der Waals surface area contributed by atoms with Gasteiger partial charge in [0.1, 0.15) is 5.82 Å². The number of sulfonamides is 1. The van der Waals surface area contributed by atoms with Gasteiger partial charge in [-0.3, -0.25) is 4.79 Å². The van der Waals surface area contributed by atoms with Gasteiger partial charge in [-0.05, 0) is 49.6 Å². The molecule has 0 saturated heterocycles. The summed E-state index contributed by atoms with van der Waals surface area (Å²) in [5, 5.41) is 2.68. The predicted molar refractivity (Wildman–Crippen MR) is 100 cm³/mol. The van der Waals surface area contributed by atoms with E-state index in [1.165, 1.54) is 12.3 Å². The Morgan fingerprint density at radius 2 is 1.92 bits per heavy atom. The van der Waals surface area contributed by atoms with Crippen LogP contribution >= 0.6 is 0 Å². The third kappa shape index (κ3) is 4.20. The minimum absolute atomic E-state index is 0.0299. The van der Waals surface area contributed by atoms with E-state index >= 15 is 0 Å². The molecule has 0 radical (unpaired) electrons. The molecular weight excluding hydrogens is 352 g/mol. The standard InChI is InChI=1S/C18H22N4O3S/c1-12-6-7-13(18(23)21-15-8-9-17(19)20-11-15)10-16(12)26(24,25)22-14-4-2-3-5-14/h6-11,14,22H,2-5H2,1H3,(H2,19,20)(H,21,23). The molecule has 1 amide bonds. The van der Waals surface area contributed by atoms with Gasteiger partial charge in [0, 0.05) is 11.6 Å². The Bertz CT molecular complexity index is 905. The molecule has 0 aliphatic heterocycles. The molecule has 2 aromatic rings. The maximum Gasteiger partial charge on any atom is 0.255 e. The van der Waals surface area contributed by atoms with Crippen LogP contribution in [-0.4, -0.2) is 25.4 Å². The molecule has 1 aromatic carbocycles. The van der Waals surface area contributed by atoms with Crippen molar-refractivity contribution in [2.24, 2.45) is 0 Å². The number of pyridine rings is 1. The molecule has 0 unspecified atom stereocenters. The second-order valence-electron chi connectivity index (χ2n) is 6.51. The number of rotatable bonds is 5. The molecule has 1 aliphatic rings. The van der Waals surface area contributed by atoms with Crippen LogP contribution in [0.15, 0.2) is 41.4 Å². The summed E-state index contributed by atoms with van der Waals surface area (Å²) in [6.07, 6.45) is 5.21. The lowest BCUT2D eigenvalue weighted by atomic mass is 10.1. The van der Waals surface area contributed by atoms with Crippen LogP contribution in [0, 0.1) is 6.92 Å². The summed E-state index contributed by atoms with van der Waals surface area (Å²) in [5.74, 6) is -0.0569. The smallest absolute Gasteiger partial charge is 0.255 e. The number of anilines is 2. The van der Waals surface area contributed by atoms with Gasteiger partial charge in [0.25, 0.3) is 5.91 Å². The molecule has 7 nitrogen and oxygen atoms in total. The van der Waals surface area contributed by atoms with Crippen LogP contribution < -0.4 is 15.8 Å². The summed E-state index contributed by atoms with van der Waals surface area (Å²) in [4.78, 5) is 16.5. The van der Waals surface area contributed by atoms with Gasteiger partial charge in [-0.2, -0.15) is 0 Å². The third-order valence-electron chi connectivity index (χ3n) is 4.46. The van der Waals surface area contributed by atoms with E-state index in [4.69, 9.17) is 5.73 Å². The number of aryl methyl sites for hydroxylation is 1. The van der Waals surface area contributed by atoms with Crippen molar-refractivity contribution in [3.05, 3.63) is 47.7 Å². The lowest BCUT2D eigenvalue weighted by molar-refractivity contribution is 0.102. The number of nitrogens with two attached hydrogens (primary N) is 1. The van der Waals surface area contributed by atoms with Gasteiger partial charge >= 0.3 is 0 Å². The molecule has 0 atom stereocenters. The van der Waals surface area contributed by atoms with E-state index in [0.717, 1.165) is 25.7 Å². The maximum absolute atomic E-state index is 12.7. The number of nitrogens with zero attached hydrogens (tertiary/aromatic N) is 1. The summed E-state index contributed by atoms with van der Waals surface area (Å²) in [6.45, 7) is 1.72. The molecule has 1 fully saturated rings. The van der Waals surface area contributed by atoms with E-state index < -0.39 is 15.9 Å². The van der Waals surface area contributed by atoms with Gasteiger partial charge in [0.05, 0.1) is 16.8 Å². The first-order chi connectivity index (χ1) is 12.3. The molecule has 138 valence electrons. The topological polar surface area (TPSA) is 114 Å². The Morgan fingerprint density at radius 1 is 1.19 bits per heavy atom. The summed E-state index contributed by atoms with van der Waals surface area (Å²) < 4.78 is 28.2. The van der Waals surface area contributed by atoms with Crippen LogP contribution in [0.1, 0.15) is 41.6 Å². The van der Waals surface area contributed by atoms with Crippen molar-refractivity contribution in [2.75, 3.05) is 11.1 Å². The normalized spacial score (nSPS) is 15.1. The molecule has 26 heavy (non-hydrogen) atoms. The molecular formula is C18H22N4O3S. The van der Waals surface area contributed by atoms with Gasteiger partial charge in [-0.1, -0.05) is 18.9 Å². The van der Waals surface area contributed by atoms with Crippen molar-refractivity contribution >= 4 is 27.4 Å². The fraction of sp³-hybridized carbons (Fsp3) is 0.333. The molecule has 8 heteroatoms. The number of amides is 1. The number of hydrogen-bond donors (Lipinski definition) is 3. The lowest BCUT2D eigenvalue weighted by Gasteiger charge is -2.15. The highest BCUT2D eigenvalue weighted by Crippen LogP contribution is 2.23. The van der Waals surface area contributed by atoms with E-state index in [0.29, 0.717) is 17.1 Å². The molecule has 1 heterocycles. The van der Waals surface area contributed by atoms with Crippen molar-refractivity contribution in [1.82, 2.24) is 9.71 Å². The van der Waals surface area contributed by atoms with E-state index in [9.17, 15) is 13.2 Å². The fourth-order valence-electron chi connectivity index (χ4n) is 3.04. The first kappa shape index (κ1) is 18.3. The Labute approximate surface area is 153 Å². The minimum atomic E-state index is -3.67. The molecule has 4 N–H and O–H groups in total. The zero-order valence-electron chi connectivity index (χ0n) is 14.5. The largest absolute Gasteiger partial charge is 0.384 e. The molecule has 3 rings (SSSR count). The van der Waals surface area contributed by atoms with Crippen LogP contribution in [0.2, 0.25) is 0 Å². The van der Waals surface area contributed by atoms with Crippen LogP contribution in [0.25, 0.3) is 0 Å². The summed E-state index contributed by atoms with van der Waals surface area (Å²) >= 11 is 0.